The van der Waals surface area contributed by atoms with Crippen molar-refractivity contribution in [2.45, 2.75) is 45.6 Å². The van der Waals surface area contributed by atoms with Gasteiger partial charge < -0.3 is 10.6 Å². The number of pyridine rings is 1. The van der Waals surface area contributed by atoms with E-state index < -0.39 is 5.82 Å². The number of amides is 1. The zero-order valence-corrected chi connectivity index (χ0v) is 14.6. The van der Waals surface area contributed by atoms with E-state index in [9.17, 15) is 9.18 Å². The van der Waals surface area contributed by atoms with E-state index in [-0.39, 0.29) is 11.9 Å². The van der Waals surface area contributed by atoms with E-state index >= 15 is 0 Å². The summed E-state index contributed by atoms with van der Waals surface area (Å²) in [5.74, 6) is 0.795. The highest BCUT2D eigenvalue weighted by atomic mass is 32.1. The molecular weight excluding hydrogens is 327 g/mol. The SMILES string of the molecule is Cc1nc(Nc2ccc(F)cn2)sc1C(=O)NC1CCC(C)CC1. The highest BCUT2D eigenvalue weighted by Crippen LogP contribution is 2.27. The maximum absolute atomic E-state index is 12.9. The second kappa shape index (κ2) is 7.25. The summed E-state index contributed by atoms with van der Waals surface area (Å²) in [5, 5.41) is 6.70. The molecule has 5 nitrogen and oxygen atoms in total. The van der Waals surface area contributed by atoms with Crippen molar-refractivity contribution in [3.8, 4) is 0 Å². The summed E-state index contributed by atoms with van der Waals surface area (Å²) in [5.41, 5.74) is 0.686. The molecule has 128 valence electrons. The van der Waals surface area contributed by atoms with Crippen LogP contribution in [0.15, 0.2) is 18.3 Å². The molecule has 3 rings (SSSR count). The molecule has 2 heterocycles. The summed E-state index contributed by atoms with van der Waals surface area (Å²) in [6.07, 6.45) is 5.54. The number of carbonyl (C=O) groups excluding carboxylic acids is 1. The molecular formula is C17H21FN4OS. The molecule has 1 aliphatic carbocycles. The van der Waals surface area contributed by atoms with Gasteiger partial charge in [0, 0.05) is 6.04 Å². The quantitative estimate of drug-likeness (QED) is 0.875. The van der Waals surface area contributed by atoms with Gasteiger partial charge in [-0.05, 0) is 50.7 Å². The van der Waals surface area contributed by atoms with E-state index in [0.29, 0.717) is 21.5 Å². The first kappa shape index (κ1) is 16.8. The Morgan fingerprint density at radius 2 is 2.04 bits per heavy atom. The van der Waals surface area contributed by atoms with Crippen LogP contribution in [0.3, 0.4) is 0 Å². The molecule has 24 heavy (non-hydrogen) atoms. The van der Waals surface area contributed by atoms with Gasteiger partial charge in [0.2, 0.25) is 0 Å². The summed E-state index contributed by atoms with van der Waals surface area (Å²) < 4.78 is 12.9. The van der Waals surface area contributed by atoms with Crippen molar-refractivity contribution < 1.29 is 9.18 Å². The minimum Gasteiger partial charge on any atom is -0.349 e. The monoisotopic (exact) mass is 348 g/mol. The van der Waals surface area contributed by atoms with Crippen LogP contribution in [-0.4, -0.2) is 21.9 Å². The molecule has 0 atom stereocenters. The second-order valence-electron chi connectivity index (χ2n) is 6.35. The first-order chi connectivity index (χ1) is 11.5. The van der Waals surface area contributed by atoms with Crippen LogP contribution in [0.5, 0.6) is 0 Å². The van der Waals surface area contributed by atoms with Crippen LogP contribution < -0.4 is 10.6 Å². The summed E-state index contributed by atoms with van der Waals surface area (Å²) in [7, 11) is 0. The summed E-state index contributed by atoms with van der Waals surface area (Å²) in [6.45, 7) is 4.07. The first-order valence-electron chi connectivity index (χ1n) is 8.18. The highest BCUT2D eigenvalue weighted by molar-refractivity contribution is 7.17. The van der Waals surface area contributed by atoms with E-state index in [0.717, 1.165) is 37.8 Å². The summed E-state index contributed by atoms with van der Waals surface area (Å²) in [6, 6.07) is 3.12. The van der Waals surface area contributed by atoms with Crippen LogP contribution in [0, 0.1) is 18.7 Å². The lowest BCUT2D eigenvalue weighted by molar-refractivity contribution is 0.0926. The molecule has 0 bridgehead atoms. The number of anilines is 2. The van der Waals surface area contributed by atoms with Gasteiger partial charge in [-0.15, -0.1) is 0 Å². The number of rotatable bonds is 4. The lowest BCUT2D eigenvalue weighted by Gasteiger charge is -2.26. The van der Waals surface area contributed by atoms with E-state index in [2.05, 4.69) is 27.5 Å². The molecule has 1 saturated carbocycles. The largest absolute Gasteiger partial charge is 0.349 e. The van der Waals surface area contributed by atoms with E-state index in [1.165, 1.54) is 23.5 Å². The fourth-order valence-corrected chi connectivity index (χ4v) is 3.75. The van der Waals surface area contributed by atoms with Crippen molar-refractivity contribution in [2.24, 2.45) is 5.92 Å². The van der Waals surface area contributed by atoms with Gasteiger partial charge in [0.1, 0.15) is 16.5 Å². The Bertz CT molecular complexity index is 708. The highest BCUT2D eigenvalue weighted by Gasteiger charge is 2.22. The molecule has 1 amide bonds. The van der Waals surface area contributed by atoms with E-state index in [4.69, 9.17) is 0 Å². The number of aromatic nitrogens is 2. The molecule has 2 N–H and O–H groups in total. The van der Waals surface area contributed by atoms with E-state index in [1.54, 1.807) is 0 Å². The molecule has 1 fully saturated rings. The lowest BCUT2D eigenvalue weighted by Crippen LogP contribution is -2.37. The third-order valence-corrected chi connectivity index (χ3v) is 5.39. The number of thiazole rings is 1. The fourth-order valence-electron chi connectivity index (χ4n) is 2.88. The zero-order chi connectivity index (χ0) is 17.1. The predicted octanol–water partition coefficient (Wildman–Crippen LogP) is 4.04. The van der Waals surface area contributed by atoms with Crippen molar-refractivity contribution in [3.05, 3.63) is 34.7 Å². The van der Waals surface area contributed by atoms with Crippen molar-refractivity contribution in [1.29, 1.82) is 0 Å². The minimum atomic E-state index is -0.391. The smallest absolute Gasteiger partial charge is 0.263 e. The number of hydrogen-bond acceptors (Lipinski definition) is 5. The van der Waals surface area contributed by atoms with Crippen molar-refractivity contribution in [2.75, 3.05) is 5.32 Å². The maximum Gasteiger partial charge on any atom is 0.263 e. The average Bonchev–Trinajstić information content (AvgIpc) is 2.92. The molecule has 0 radical (unpaired) electrons. The number of carbonyl (C=O) groups is 1. The van der Waals surface area contributed by atoms with Gasteiger partial charge >= 0.3 is 0 Å². The minimum absolute atomic E-state index is 0.0651. The number of halogens is 1. The van der Waals surface area contributed by atoms with E-state index in [1.807, 2.05) is 6.92 Å². The normalized spacial score (nSPS) is 20.6. The topological polar surface area (TPSA) is 66.9 Å². The number of nitrogens with zero attached hydrogens (tertiary/aromatic N) is 2. The average molecular weight is 348 g/mol. The van der Waals surface area contributed by atoms with Crippen LogP contribution in [0.1, 0.15) is 48.0 Å². The van der Waals surface area contributed by atoms with Gasteiger partial charge in [0.05, 0.1) is 11.9 Å². The molecule has 0 saturated heterocycles. The number of nitrogens with one attached hydrogen (secondary N) is 2. The second-order valence-corrected chi connectivity index (χ2v) is 7.35. The zero-order valence-electron chi connectivity index (χ0n) is 13.8. The predicted molar refractivity (Wildman–Crippen MR) is 93.2 cm³/mol. The maximum atomic E-state index is 12.9. The Hall–Kier alpha value is -2.02. The van der Waals surface area contributed by atoms with Crippen molar-refractivity contribution >= 4 is 28.2 Å². The Balaban J connectivity index is 1.64. The standard InChI is InChI=1S/C17H21FN4OS/c1-10-3-6-13(7-4-10)21-16(23)15-11(2)20-17(24-15)22-14-8-5-12(18)9-19-14/h5,8-10,13H,3-4,6-7H2,1-2H3,(H,21,23)(H,19,20,22). The van der Waals surface area contributed by atoms with Gasteiger partial charge in [-0.2, -0.15) is 0 Å². The Morgan fingerprint density at radius 3 is 2.71 bits per heavy atom. The number of hydrogen-bond donors (Lipinski definition) is 2. The van der Waals surface area contributed by atoms with Crippen LogP contribution in [-0.2, 0) is 0 Å². The molecule has 1 aliphatic rings. The fraction of sp³-hybridized carbons (Fsp3) is 0.471. The van der Waals surface area contributed by atoms with Gasteiger partial charge in [-0.25, -0.2) is 14.4 Å². The van der Waals surface area contributed by atoms with Crippen LogP contribution in [0.2, 0.25) is 0 Å². The molecule has 0 unspecified atom stereocenters. The Morgan fingerprint density at radius 1 is 1.29 bits per heavy atom. The van der Waals surface area contributed by atoms with Crippen molar-refractivity contribution in [1.82, 2.24) is 15.3 Å². The molecule has 0 aromatic carbocycles. The molecule has 0 aliphatic heterocycles. The third-order valence-electron chi connectivity index (χ3n) is 4.32. The summed E-state index contributed by atoms with van der Waals surface area (Å²) >= 11 is 1.29. The molecule has 0 spiro atoms. The third kappa shape index (κ3) is 4.08. The van der Waals surface area contributed by atoms with Crippen molar-refractivity contribution in [3.63, 3.8) is 0 Å². The molecule has 7 heteroatoms. The number of aryl methyl sites for hydroxylation is 1. The Labute approximate surface area is 144 Å². The van der Waals surface area contributed by atoms with Crippen LogP contribution >= 0.6 is 11.3 Å². The van der Waals surface area contributed by atoms with Crippen LogP contribution in [0.4, 0.5) is 15.3 Å². The van der Waals surface area contributed by atoms with Crippen LogP contribution in [0.25, 0.3) is 0 Å². The van der Waals surface area contributed by atoms with Gasteiger partial charge in [0.15, 0.2) is 5.13 Å². The first-order valence-corrected chi connectivity index (χ1v) is 9.00. The summed E-state index contributed by atoms with van der Waals surface area (Å²) in [4.78, 5) is 21.4. The van der Waals surface area contributed by atoms with Gasteiger partial charge in [0.25, 0.3) is 5.91 Å². The Kier molecular flexibility index (Phi) is 5.08. The van der Waals surface area contributed by atoms with Gasteiger partial charge in [-0.3, -0.25) is 4.79 Å². The molecule has 2 aromatic heterocycles. The molecule has 2 aromatic rings. The van der Waals surface area contributed by atoms with Gasteiger partial charge in [-0.1, -0.05) is 18.3 Å². The lowest BCUT2D eigenvalue weighted by atomic mass is 9.87.